The van der Waals surface area contributed by atoms with Crippen LogP contribution in [-0.2, 0) is 9.53 Å². The maximum Gasteiger partial charge on any atom is 0.309 e. The summed E-state index contributed by atoms with van der Waals surface area (Å²) in [7, 11) is 1.72. The molecule has 0 aromatic carbocycles. The van der Waals surface area contributed by atoms with Crippen LogP contribution < -0.4 is 0 Å². The van der Waals surface area contributed by atoms with Crippen molar-refractivity contribution in [3.05, 3.63) is 0 Å². The zero-order valence-electron chi connectivity index (χ0n) is 9.95. The standard InChI is InChI=1S/C12H22O3/c1-4-12(2,11(13)14)9-6-5-7-10(8-9)15-3/h9-10H,4-8H2,1-3H3,(H,13,14). The van der Waals surface area contributed by atoms with Gasteiger partial charge in [0.1, 0.15) is 0 Å². The Bertz CT molecular complexity index is 227. The van der Waals surface area contributed by atoms with E-state index in [-0.39, 0.29) is 12.0 Å². The van der Waals surface area contributed by atoms with E-state index in [0.29, 0.717) is 6.42 Å². The van der Waals surface area contributed by atoms with Crippen molar-refractivity contribution >= 4 is 5.97 Å². The van der Waals surface area contributed by atoms with Crippen LogP contribution in [0.2, 0.25) is 0 Å². The molecule has 0 saturated heterocycles. The lowest BCUT2D eigenvalue weighted by Gasteiger charge is -2.38. The average molecular weight is 214 g/mol. The molecule has 0 aromatic heterocycles. The van der Waals surface area contributed by atoms with Crippen molar-refractivity contribution in [3.8, 4) is 0 Å². The number of hydrogen-bond donors (Lipinski definition) is 1. The molecule has 1 rings (SSSR count). The molecule has 0 radical (unpaired) electrons. The highest BCUT2D eigenvalue weighted by Gasteiger charge is 2.41. The highest BCUT2D eigenvalue weighted by atomic mass is 16.5. The second-order valence-corrected chi connectivity index (χ2v) is 4.80. The number of aliphatic carboxylic acids is 1. The lowest BCUT2D eigenvalue weighted by molar-refractivity contribution is -0.153. The molecule has 1 N–H and O–H groups in total. The highest BCUT2D eigenvalue weighted by Crippen LogP contribution is 2.41. The van der Waals surface area contributed by atoms with Gasteiger partial charge in [0.15, 0.2) is 0 Å². The molecule has 88 valence electrons. The van der Waals surface area contributed by atoms with Gasteiger partial charge in [0.25, 0.3) is 0 Å². The molecule has 3 heteroatoms. The minimum Gasteiger partial charge on any atom is -0.481 e. The number of methoxy groups -OCH3 is 1. The maximum absolute atomic E-state index is 11.3. The van der Waals surface area contributed by atoms with E-state index >= 15 is 0 Å². The number of carbonyl (C=O) groups is 1. The van der Waals surface area contributed by atoms with Crippen molar-refractivity contribution < 1.29 is 14.6 Å². The summed E-state index contributed by atoms with van der Waals surface area (Å²) in [5.41, 5.74) is -0.572. The Labute approximate surface area is 91.8 Å². The molecule has 0 amide bonds. The van der Waals surface area contributed by atoms with Crippen molar-refractivity contribution in [2.45, 2.75) is 52.1 Å². The third kappa shape index (κ3) is 2.51. The first-order valence-corrected chi connectivity index (χ1v) is 5.80. The molecule has 3 atom stereocenters. The molecule has 0 spiro atoms. The lowest BCUT2D eigenvalue weighted by atomic mass is 9.68. The number of carboxylic acids is 1. The van der Waals surface area contributed by atoms with E-state index < -0.39 is 11.4 Å². The van der Waals surface area contributed by atoms with Gasteiger partial charge in [-0.15, -0.1) is 0 Å². The van der Waals surface area contributed by atoms with Gasteiger partial charge in [-0.2, -0.15) is 0 Å². The Morgan fingerprint density at radius 1 is 1.53 bits per heavy atom. The van der Waals surface area contributed by atoms with Crippen LogP contribution in [0.4, 0.5) is 0 Å². The number of hydrogen-bond acceptors (Lipinski definition) is 2. The zero-order valence-corrected chi connectivity index (χ0v) is 9.95. The SMILES string of the molecule is CCC(C)(C(=O)O)C1CCCC(OC)C1. The van der Waals surface area contributed by atoms with Crippen LogP contribution in [-0.4, -0.2) is 24.3 Å². The van der Waals surface area contributed by atoms with E-state index in [1.165, 1.54) is 0 Å². The number of carboxylic acid groups (broad SMARTS) is 1. The van der Waals surface area contributed by atoms with Gasteiger partial charge in [-0.3, -0.25) is 4.79 Å². The molecule has 15 heavy (non-hydrogen) atoms. The first-order valence-electron chi connectivity index (χ1n) is 5.80. The van der Waals surface area contributed by atoms with Crippen molar-refractivity contribution in [2.75, 3.05) is 7.11 Å². The third-order valence-corrected chi connectivity index (χ3v) is 4.08. The van der Waals surface area contributed by atoms with Crippen LogP contribution in [0, 0.1) is 11.3 Å². The molecule has 0 aliphatic heterocycles. The van der Waals surface area contributed by atoms with Crippen LogP contribution >= 0.6 is 0 Å². The summed E-state index contributed by atoms with van der Waals surface area (Å²) in [6.07, 6.45) is 5.04. The van der Waals surface area contributed by atoms with Gasteiger partial charge in [-0.05, 0) is 38.5 Å². The summed E-state index contributed by atoms with van der Waals surface area (Å²) in [6, 6.07) is 0. The van der Waals surface area contributed by atoms with E-state index in [2.05, 4.69) is 0 Å². The molecule has 0 heterocycles. The summed E-state index contributed by atoms with van der Waals surface area (Å²) in [4.78, 5) is 11.3. The molecule has 0 bridgehead atoms. The van der Waals surface area contributed by atoms with Gasteiger partial charge >= 0.3 is 5.97 Å². The van der Waals surface area contributed by atoms with Gasteiger partial charge in [0.05, 0.1) is 11.5 Å². The Kier molecular flexibility index (Phi) is 4.14. The molecule has 1 aliphatic rings. The third-order valence-electron chi connectivity index (χ3n) is 4.08. The Morgan fingerprint density at radius 2 is 2.20 bits per heavy atom. The summed E-state index contributed by atoms with van der Waals surface area (Å²) in [5.74, 6) is -0.398. The summed E-state index contributed by atoms with van der Waals surface area (Å²) < 4.78 is 5.35. The number of ether oxygens (including phenoxy) is 1. The van der Waals surface area contributed by atoms with Gasteiger partial charge in [-0.1, -0.05) is 13.3 Å². The van der Waals surface area contributed by atoms with Gasteiger partial charge in [0.2, 0.25) is 0 Å². The largest absolute Gasteiger partial charge is 0.481 e. The van der Waals surface area contributed by atoms with Crippen LogP contribution in [0.25, 0.3) is 0 Å². The van der Waals surface area contributed by atoms with Crippen LogP contribution in [0.5, 0.6) is 0 Å². The van der Waals surface area contributed by atoms with Crippen molar-refractivity contribution in [3.63, 3.8) is 0 Å². The first-order chi connectivity index (χ1) is 7.04. The van der Waals surface area contributed by atoms with Gasteiger partial charge < -0.3 is 9.84 Å². The predicted octanol–water partition coefficient (Wildman–Crippen LogP) is 2.69. The van der Waals surface area contributed by atoms with Crippen LogP contribution in [0.15, 0.2) is 0 Å². The Balaban J connectivity index is 2.72. The van der Waals surface area contributed by atoms with Crippen molar-refractivity contribution in [1.29, 1.82) is 0 Å². The monoisotopic (exact) mass is 214 g/mol. The fraction of sp³-hybridized carbons (Fsp3) is 0.917. The molecule has 1 saturated carbocycles. The normalized spacial score (nSPS) is 30.9. The van der Waals surface area contributed by atoms with Gasteiger partial charge in [0, 0.05) is 7.11 Å². The van der Waals surface area contributed by atoms with E-state index in [1.54, 1.807) is 7.11 Å². The van der Waals surface area contributed by atoms with Gasteiger partial charge in [-0.25, -0.2) is 0 Å². The average Bonchev–Trinajstić information content (AvgIpc) is 2.27. The topological polar surface area (TPSA) is 46.5 Å². The van der Waals surface area contributed by atoms with E-state index in [0.717, 1.165) is 25.7 Å². The maximum atomic E-state index is 11.3. The second kappa shape index (κ2) is 4.97. The van der Waals surface area contributed by atoms with Crippen LogP contribution in [0.1, 0.15) is 46.0 Å². The van der Waals surface area contributed by atoms with E-state index in [1.807, 2.05) is 13.8 Å². The fourth-order valence-corrected chi connectivity index (χ4v) is 2.55. The predicted molar refractivity (Wildman–Crippen MR) is 58.8 cm³/mol. The summed E-state index contributed by atoms with van der Waals surface area (Å²) in [5, 5.41) is 9.30. The zero-order chi connectivity index (χ0) is 11.5. The molecular formula is C12H22O3. The second-order valence-electron chi connectivity index (χ2n) is 4.80. The molecule has 3 unspecified atom stereocenters. The van der Waals surface area contributed by atoms with E-state index in [9.17, 15) is 9.90 Å². The Morgan fingerprint density at radius 3 is 2.67 bits per heavy atom. The summed E-state index contributed by atoms with van der Waals surface area (Å²) >= 11 is 0. The highest BCUT2D eigenvalue weighted by molar-refractivity contribution is 5.74. The minimum atomic E-state index is -0.660. The minimum absolute atomic E-state index is 0.258. The molecule has 1 aliphatic carbocycles. The van der Waals surface area contributed by atoms with Crippen LogP contribution in [0.3, 0.4) is 0 Å². The van der Waals surface area contributed by atoms with Crippen molar-refractivity contribution in [2.24, 2.45) is 11.3 Å². The quantitative estimate of drug-likeness (QED) is 0.782. The number of rotatable bonds is 4. The molecule has 0 aromatic rings. The fourth-order valence-electron chi connectivity index (χ4n) is 2.55. The first kappa shape index (κ1) is 12.5. The molecular weight excluding hydrogens is 192 g/mol. The Hall–Kier alpha value is -0.570. The lowest BCUT2D eigenvalue weighted by Crippen LogP contribution is -2.39. The van der Waals surface area contributed by atoms with E-state index in [4.69, 9.17) is 4.74 Å². The molecule has 1 fully saturated rings. The smallest absolute Gasteiger partial charge is 0.309 e. The van der Waals surface area contributed by atoms with Crippen molar-refractivity contribution in [1.82, 2.24) is 0 Å². The molecule has 3 nitrogen and oxygen atoms in total. The summed E-state index contributed by atoms with van der Waals surface area (Å²) in [6.45, 7) is 3.84.